The number of likely N-dealkylation sites (tertiary alicyclic amines) is 1. The van der Waals surface area contributed by atoms with E-state index in [2.05, 4.69) is 4.98 Å². The number of carboxylic acids is 1. The highest BCUT2D eigenvalue weighted by atomic mass is 16.4. The molecule has 1 aromatic rings. The van der Waals surface area contributed by atoms with Crippen molar-refractivity contribution < 1.29 is 19.5 Å². The molecule has 1 amide bonds. The molecule has 0 aliphatic carbocycles. The Balaban J connectivity index is 2.12. The molecule has 1 saturated heterocycles. The summed E-state index contributed by atoms with van der Waals surface area (Å²) in [5.74, 6) is -4.10. The van der Waals surface area contributed by atoms with Crippen LogP contribution in [0.25, 0.3) is 0 Å². The van der Waals surface area contributed by atoms with Crippen LogP contribution in [0.15, 0.2) is 24.4 Å². The van der Waals surface area contributed by atoms with Crippen molar-refractivity contribution in [3.05, 3.63) is 30.1 Å². The summed E-state index contributed by atoms with van der Waals surface area (Å²) in [6.45, 7) is 0.0821. The van der Waals surface area contributed by atoms with Crippen molar-refractivity contribution in [1.29, 1.82) is 0 Å². The van der Waals surface area contributed by atoms with Crippen molar-refractivity contribution in [3.63, 3.8) is 0 Å². The first-order valence-electron chi connectivity index (χ1n) is 5.05. The zero-order valence-electron chi connectivity index (χ0n) is 8.87. The molecule has 1 aliphatic heterocycles. The van der Waals surface area contributed by atoms with Crippen LogP contribution in [0.1, 0.15) is 5.69 Å². The Morgan fingerprint density at radius 1 is 1.47 bits per heavy atom. The van der Waals surface area contributed by atoms with Crippen LogP contribution in [0.2, 0.25) is 0 Å². The van der Waals surface area contributed by atoms with Crippen LogP contribution in [0, 0.1) is 5.92 Å². The number of carbonyl (C=O) groups is 3. The minimum Gasteiger partial charge on any atom is -0.481 e. The minimum absolute atomic E-state index is 0.0798. The SMILES string of the molecule is O=C(O)C1CN(Cc2ccccn2)C(=O)C1=O. The van der Waals surface area contributed by atoms with Gasteiger partial charge in [0.05, 0.1) is 12.2 Å². The first-order chi connectivity index (χ1) is 8.09. The number of hydrogen-bond acceptors (Lipinski definition) is 4. The van der Waals surface area contributed by atoms with Gasteiger partial charge in [0.15, 0.2) is 0 Å². The highest BCUT2D eigenvalue weighted by Crippen LogP contribution is 2.16. The van der Waals surface area contributed by atoms with Gasteiger partial charge in [0.1, 0.15) is 5.92 Å². The number of carbonyl (C=O) groups excluding carboxylic acids is 2. The maximum atomic E-state index is 11.5. The van der Waals surface area contributed by atoms with Crippen LogP contribution in [0.5, 0.6) is 0 Å². The molecule has 6 heteroatoms. The molecule has 0 radical (unpaired) electrons. The number of carboxylic acid groups (broad SMARTS) is 1. The number of aromatic nitrogens is 1. The van der Waals surface area contributed by atoms with E-state index in [-0.39, 0.29) is 13.1 Å². The minimum atomic E-state index is -1.26. The van der Waals surface area contributed by atoms with Crippen LogP contribution in [0.3, 0.4) is 0 Å². The third kappa shape index (κ3) is 2.15. The molecule has 1 aliphatic rings. The maximum Gasteiger partial charge on any atom is 0.316 e. The van der Waals surface area contributed by atoms with Crippen LogP contribution in [-0.2, 0) is 20.9 Å². The molecule has 6 nitrogen and oxygen atoms in total. The van der Waals surface area contributed by atoms with Crippen LogP contribution >= 0.6 is 0 Å². The average Bonchev–Trinajstić information content (AvgIpc) is 2.59. The molecule has 17 heavy (non-hydrogen) atoms. The topological polar surface area (TPSA) is 87.6 Å². The molecule has 1 atom stereocenters. The molecular formula is C11H10N2O4. The first-order valence-corrected chi connectivity index (χ1v) is 5.05. The molecule has 2 rings (SSSR count). The summed E-state index contributed by atoms with van der Waals surface area (Å²) in [5.41, 5.74) is 0.625. The Labute approximate surface area is 96.9 Å². The van der Waals surface area contributed by atoms with Crippen molar-refractivity contribution in [1.82, 2.24) is 9.88 Å². The standard InChI is InChI=1S/C11H10N2O4/c14-9-8(11(16)17)6-13(10(9)15)5-7-3-1-2-4-12-7/h1-4,8H,5-6H2,(H,16,17). The summed E-state index contributed by atoms with van der Waals surface area (Å²) in [7, 11) is 0. The van der Waals surface area contributed by atoms with Crippen molar-refractivity contribution in [2.45, 2.75) is 6.54 Å². The van der Waals surface area contributed by atoms with Crippen molar-refractivity contribution in [2.24, 2.45) is 5.92 Å². The van der Waals surface area contributed by atoms with E-state index in [1.807, 2.05) is 0 Å². The third-order valence-corrected chi connectivity index (χ3v) is 2.59. The van der Waals surface area contributed by atoms with E-state index in [0.29, 0.717) is 5.69 Å². The van der Waals surface area contributed by atoms with Gasteiger partial charge in [0.25, 0.3) is 5.91 Å². The lowest BCUT2D eigenvalue weighted by Crippen LogP contribution is -2.27. The van der Waals surface area contributed by atoms with E-state index in [0.717, 1.165) is 0 Å². The average molecular weight is 234 g/mol. The van der Waals surface area contributed by atoms with Gasteiger partial charge in [-0.3, -0.25) is 19.4 Å². The predicted octanol–water partition coefficient (Wildman–Crippen LogP) is -0.306. The number of amides is 1. The van der Waals surface area contributed by atoms with Gasteiger partial charge in [-0.15, -0.1) is 0 Å². The van der Waals surface area contributed by atoms with Gasteiger partial charge in [0.2, 0.25) is 5.78 Å². The van der Waals surface area contributed by atoms with Gasteiger partial charge < -0.3 is 10.0 Å². The Morgan fingerprint density at radius 2 is 2.24 bits per heavy atom. The van der Waals surface area contributed by atoms with Crippen molar-refractivity contribution >= 4 is 17.7 Å². The monoisotopic (exact) mass is 234 g/mol. The fraction of sp³-hybridized carbons (Fsp3) is 0.273. The second-order valence-corrected chi connectivity index (χ2v) is 3.76. The molecule has 1 fully saturated rings. The van der Waals surface area contributed by atoms with Crippen molar-refractivity contribution in [2.75, 3.05) is 6.54 Å². The second-order valence-electron chi connectivity index (χ2n) is 3.76. The molecule has 0 aromatic carbocycles. The summed E-state index contributed by atoms with van der Waals surface area (Å²) < 4.78 is 0. The maximum absolute atomic E-state index is 11.5. The lowest BCUT2D eigenvalue weighted by atomic mass is 10.1. The number of rotatable bonds is 3. The molecule has 1 unspecified atom stereocenters. The second kappa shape index (κ2) is 4.32. The van der Waals surface area contributed by atoms with Crippen LogP contribution in [0.4, 0.5) is 0 Å². The first kappa shape index (κ1) is 11.3. The van der Waals surface area contributed by atoms with Gasteiger partial charge >= 0.3 is 5.97 Å². The number of pyridine rings is 1. The molecular weight excluding hydrogens is 224 g/mol. The quantitative estimate of drug-likeness (QED) is 0.572. The summed E-state index contributed by atoms with van der Waals surface area (Å²) in [6.07, 6.45) is 1.58. The lowest BCUT2D eigenvalue weighted by Gasteiger charge is -2.13. The van der Waals surface area contributed by atoms with E-state index in [4.69, 9.17) is 5.11 Å². The number of nitrogens with zero attached hydrogens (tertiary/aromatic N) is 2. The van der Waals surface area contributed by atoms with Crippen LogP contribution < -0.4 is 0 Å². The third-order valence-electron chi connectivity index (χ3n) is 2.59. The molecule has 1 aromatic heterocycles. The van der Waals surface area contributed by atoms with E-state index in [1.165, 1.54) is 4.90 Å². The summed E-state index contributed by atoms with van der Waals surface area (Å²) in [6, 6.07) is 5.21. The van der Waals surface area contributed by atoms with E-state index in [1.54, 1.807) is 24.4 Å². The Morgan fingerprint density at radius 3 is 2.76 bits per heavy atom. The highest BCUT2D eigenvalue weighted by Gasteiger charge is 2.43. The van der Waals surface area contributed by atoms with E-state index < -0.39 is 23.6 Å². The fourth-order valence-corrected chi connectivity index (χ4v) is 1.70. The Hall–Kier alpha value is -2.24. The number of ketones is 1. The number of hydrogen-bond donors (Lipinski definition) is 1. The zero-order valence-corrected chi connectivity index (χ0v) is 8.87. The highest BCUT2D eigenvalue weighted by molar-refractivity contribution is 6.42. The van der Waals surface area contributed by atoms with Gasteiger partial charge in [-0.2, -0.15) is 0 Å². The zero-order chi connectivity index (χ0) is 12.4. The van der Waals surface area contributed by atoms with Crippen LogP contribution in [-0.4, -0.2) is 39.2 Å². The van der Waals surface area contributed by atoms with E-state index in [9.17, 15) is 14.4 Å². The molecule has 0 bridgehead atoms. The molecule has 0 spiro atoms. The largest absolute Gasteiger partial charge is 0.481 e. The van der Waals surface area contributed by atoms with Gasteiger partial charge in [0, 0.05) is 12.7 Å². The number of Topliss-reactive ketones (excluding diaryl/α,β-unsaturated/α-hetero) is 1. The van der Waals surface area contributed by atoms with Crippen molar-refractivity contribution in [3.8, 4) is 0 Å². The van der Waals surface area contributed by atoms with E-state index >= 15 is 0 Å². The van der Waals surface area contributed by atoms with Gasteiger partial charge in [-0.1, -0.05) is 6.07 Å². The Bertz CT molecular complexity index is 472. The summed E-state index contributed by atoms with van der Waals surface area (Å²) in [5, 5.41) is 8.77. The smallest absolute Gasteiger partial charge is 0.316 e. The Kier molecular flexibility index (Phi) is 2.86. The normalized spacial score (nSPS) is 19.8. The molecule has 0 saturated carbocycles. The molecule has 1 N–H and O–H groups in total. The molecule has 88 valence electrons. The predicted molar refractivity (Wildman–Crippen MR) is 55.8 cm³/mol. The van der Waals surface area contributed by atoms with Gasteiger partial charge in [-0.05, 0) is 12.1 Å². The summed E-state index contributed by atoms with van der Waals surface area (Å²) in [4.78, 5) is 38.8. The lowest BCUT2D eigenvalue weighted by molar-refractivity contribution is -0.147. The van der Waals surface area contributed by atoms with Gasteiger partial charge in [-0.25, -0.2) is 0 Å². The summed E-state index contributed by atoms with van der Waals surface area (Å²) >= 11 is 0. The molecule has 2 heterocycles. The number of aliphatic carboxylic acids is 1. The fourth-order valence-electron chi connectivity index (χ4n) is 1.70.